The van der Waals surface area contributed by atoms with Crippen molar-refractivity contribution < 1.29 is 86.9 Å². The van der Waals surface area contributed by atoms with Gasteiger partial charge in [0.15, 0.2) is 11.4 Å². The zero-order chi connectivity index (χ0) is 94.6. The number of nitrogens with one attached hydrogen (secondary N) is 15. The van der Waals surface area contributed by atoms with Crippen LogP contribution in [0, 0.1) is 23.2 Å². The fourth-order valence-electron chi connectivity index (χ4n) is 15.5. The molecule has 132 heavy (non-hydrogen) atoms. The Kier molecular flexibility index (Phi) is 32.2. The molecule has 2 fully saturated rings. The molecule has 6 heterocycles. The molecule has 26 N–H and O–H groups in total. The molecule has 6 aromatic rings. The van der Waals surface area contributed by atoms with Crippen molar-refractivity contribution in [3.05, 3.63) is 153 Å². The van der Waals surface area contributed by atoms with Crippen LogP contribution < -0.4 is 113 Å². The number of aromatic hydroxyl groups is 1. The number of unbranched alkanes of at least 4 members (excludes halogenated alkanes) is 1. The number of aromatic carboxylic acids is 1. The van der Waals surface area contributed by atoms with E-state index >= 15 is 0 Å². The minimum atomic E-state index is -1.49. The van der Waals surface area contributed by atoms with Gasteiger partial charge in [-0.15, -0.1) is 0 Å². The second-order valence-corrected chi connectivity index (χ2v) is 33.3. The first-order valence-corrected chi connectivity index (χ1v) is 44.0. The number of hydrogen-bond acceptors (Lipinski definition) is 28. The van der Waals surface area contributed by atoms with Crippen LogP contribution in [-0.2, 0) is 60.2 Å². The maximum atomic E-state index is 14.4. The highest BCUT2D eigenvalue weighted by Crippen LogP contribution is 2.43. The number of carboxylic acid groups (broad SMARTS) is 1. The fraction of sp³-hybridized carbons (Fsp3) is 0.375. The monoisotopic (exact) mass is 1830 g/mol. The van der Waals surface area contributed by atoms with Crippen LogP contribution in [0.15, 0.2) is 118 Å². The smallest absolute Gasteiger partial charge is 0.336 e. The first-order chi connectivity index (χ1) is 63.3. The number of rotatable bonds is 27. The van der Waals surface area contributed by atoms with Crippen LogP contribution in [0.3, 0.4) is 0 Å². The third kappa shape index (κ3) is 25.1. The molecular formula is C88H104N24O19S. The molecule has 0 unspecified atom stereocenters. The first-order valence-electron chi connectivity index (χ1n) is 42.9. The number of amides is 13. The molecule has 43 nitrogen and oxygen atoms in total. The van der Waals surface area contributed by atoms with Crippen molar-refractivity contribution in [1.82, 2.24) is 62.8 Å². The van der Waals surface area contributed by atoms with Gasteiger partial charge in [-0.1, -0.05) is 32.4 Å². The van der Waals surface area contributed by atoms with E-state index in [9.17, 15) is 87.2 Å². The molecular weight excluding hydrogens is 1730 g/mol. The van der Waals surface area contributed by atoms with Crippen molar-refractivity contribution in [2.75, 3.05) is 108 Å². The molecule has 696 valence electrons. The van der Waals surface area contributed by atoms with Crippen LogP contribution >= 0.6 is 11.8 Å². The van der Waals surface area contributed by atoms with Gasteiger partial charge in [0.25, 0.3) is 11.8 Å². The molecule has 6 atom stereocenters. The third-order valence-electron chi connectivity index (χ3n) is 22.9. The van der Waals surface area contributed by atoms with Crippen LogP contribution in [0.25, 0.3) is 33.4 Å². The third-order valence-corrected chi connectivity index (χ3v) is 24.0. The molecule has 0 saturated carbocycles. The molecule has 2 saturated heterocycles. The van der Waals surface area contributed by atoms with Crippen LogP contribution in [0.2, 0.25) is 0 Å². The Hall–Kier alpha value is -15.1. The number of aromatic nitrogens is 3. The molecule has 5 aromatic carbocycles. The van der Waals surface area contributed by atoms with Crippen molar-refractivity contribution in [1.29, 1.82) is 5.41 Å². The first kappa shape index (κ1) is 96.0. The summed E-state index contributed by atoms with van der Waals surface area (Å²) in [6.45, 7) is 2.27. The predicted octanol–water partition coefficient (Wildman–Crippen LogP) is 1.43. The number of hydrogen-bond donors (Lipinski definition) is 22. The number of fused-ring (bicyclic) bond motifs is 6. The lowest BCUT2D eigenvalue weighted by Crippen LogP contribution is -2.56. The number of anilines is 8. The highest BCUT2D eigenvalue weighted by molar-refractivity contribution is 7.98. The second-order valence-electron chi connectivity index (χ2n) is 32.3. The Labute approximate surface area is 759 Å². The summed E-state index contributed by atoms with van der Waals surface area (Å²) < 4.78 is 6.04. The van der Waals surface area contributed by atoms with Crippen LogP contribution in [-0.4, -0.2) is 220 Å². The summed E-state index contributed by atoms with van der Waals surface area (Å²) in [6, 6.07) is 19.8. The Balaban J connectivity index is 0.736. The molecule has 6 aliphatic rings. The second kappa shape index (κ2) is 44.3. The quantitative estimate of drug-likeness (QED) is 0.0150. The fourth-order valence-corrected chi connectivity index (χ4v) is 16.5. The summed E-state index contributed by atoms with van der Waals surface area (Å²) in [5.74, 6) is -12.4. The van der Waals surface area contributed by atoms with Gasteiger partial charge in [0.2, 0.25) is 82.8 Å². The number of aliphatic hydroxyl groups excluding tert-OH is 1. The number of nitrogens with zero attached hydrogens (tertiary/aromatic N) is 5. The topological polar surface area (TPSA) is 671 Å². The van der Waals surface area contributed by atoms with E-state index in [4.69, 9.17) is 47.7 Å². The van der Waals surface area contributed by atoms with Crippen molar-refractivity contribution in [3.63, 3.8) is 0 Å². The normalized spacial score (nSPS) is 18.3. The lowest BCUT2D eigenvalue weighted by Gasteiger charge is -2.34. The lowest BCUT2D eigenvalue weighted by molar-refractivity contribution is -0.132. The van der Waals surface area contributed by atoms with Gasteiger partial charge in [-0.05, 0) is 172 Å². The highest BCUT2D eigenvalue weighted by atomic mass is 32.2. The van der Waals surface area contributed by atoms with Crippen molar-refractivity contribution in [3.8, 4) is 28.2 Å². The zero-order valence-corrected chi connectivity index (χ0v) is 72.9. The molecule has 13 amide bonds. The summed E-state index contributed by atoms with van der Waals surface area (Å²) in [5, 5.41) is 77.9. The van der Waals surface area contributed by atoms with E-state index in [2.05, 4.69) is 74.4 Å². The van der Waals surface area contributed by atoms with Gasteiger partial charge in [-0.25, -0.2) is 4.79 Å². The molecule has 5 aliphatic heterocycles. The SMILES string of the molecule is CC[C@H](C)[C@@H]1NC(=O)c2cc(cc(NC(=O)CNC(=O)C3CCN(c4nc(Nc5ccc(-c6c7ccc(=O)cc-7oc7cc(O)ccc67)c(C(=O)O)c5)nc(N5CCC(C(=O)NCC(=O)Nc6ccc7c(c6)C(=O)N[C@@H](CCCCN)C(=O)N[C@@H](CO)C(=O)Nc6cc(C(N)=O)ccc6CN7)CC5)n4)CC3)c2)CSC[C@@H](C(N)=O)NC(=O)CNC(=O)[C@H](CCCNC(=N)N)NC1=O. The molecule has 2 bridgehead atoms. The number of benzene rings is 6. The van der Waals surface area contributed by atoms with Gasteiger partial charge in [-0.3, -0.25) is 72.5 Å². The predicted molar refractivity (Wildman–Crippen MR) is 488 cm³/mol. The number of thioether (sulfide) groups is 1. The van der Waals surface area contributed by atoms with E-state index in [1.54, 1.807) is 38.1 Å². The molecule has 0 radical (unpaired) electrons. The summed E-state index contributed by atoms with van der Waals surface area (Å²) in [4.78, 5) is 222. The molecule has 1 aromatic heterocycles. The average Bonchev–Trinajstić information content (AvgIpc) is 0.744. The Bertz CT molecular complexity index is 5800. The Morgan fingerprint density at radius 2 is 1.28 bits per heavy atom. The van der Waals surface area contributed by atoms with Crippen molar-refractivity contribution in [2.45, 2.75) is 121 Å². The number of carbonyl (C=O) groups excluding carboxylic acids is 13. The van der Waals surface area contributed by atoms with Crippen molar-refractivity contribution >= 4 is 158 Å². The minimum Gasteiger partial charge on any atom is -0.508 e. The zero-order valence-electron chi connectivity index (χ0n) is 72.1. The number of guanidine groups is 1. The molecule has 44 heteroatoms. The van der Waals surface area contributed by atoms with E-state index in [1.165, 1.54) is 84.9 Å². The number of nitrogens with two attached hydrogens (primary N) is 4. The summed E-state index contributed by atoms with van der Waals surface area (Å²) in [7, 11) is 0. The number of piperidine rings is 2. The summed E-state index contributed by atoms with van der Waals surface area (Å²) in [6.07, 6.45) is 2.52. The Morgan fingerprint density at radius 1 is 0.621 bits per heavy atom. The molecule has 12 rings (SSSR count). The van der Waals surface area contributed by atoms with Crippen molar-refractivity contribution in [2.24, 2.45) is 40.7 Å². The number of phenolic OH excluding ortho intramolecular Hbond substituents is 1. The van der Waals surface area contributed by atoms with Gasteiger partial charge in [0.05, 0.1) is 37.4 Å². The summed E-state index contributed by atoms with van der Waals surface area (Å²) in [5.41, 5.74) is 24.8. The lowest BCUT2D eigenvalue weighted by atomic mass is 9.90. The van der Waals surface area contributed by atoms with Crippen LogP contribution in [0.1, 0.15) is 131 Å². The number of primary amides is 2. The molecule has 0 spiro atoms. The van der Waals surface area contributed by atoms with E-state index < -0.39 is 157 Å². The van der Waals surface area contributed by atoms with Gasteiger partial charge < -0.3 is 127 Å². The minimum absolute atomic E-state index is 0.00515. The van der Waals surface area contributed by atoms with Crippen LogP contribution in [0.5, 0.6) is 5.75 Å². The largest absolute Gasteiger partial charge is 0.508 e. The van der Waals surface area contributed by atoms with Gasteiger partial charge in [0, 0.05) is 131 Å². The molecule has 1 aliphatic carbocycles. The summed E-state index contributed by atoms with van der Waals surface area (Å²) >= 11 is 1.16. The van der Waals surface area contributed by atoms with Crippen LogP contribution in [0.4, 0.5) is 46.3 Å². The van der Waals surface area contributed by atoms with E-state index in [0.717, 1.165) is 11.8 Å². The van der Waals surface area contributed by atoms with Gasteiger partial charge in [-0.2, -0.15) is 26.7 Å². The number of phenols is 1. The van der Waals surface area contributed by atoms with E-state index in [-0.39, 0.29) is 205 Å². The Morgan fingerprint density at radius 3 is 1.93 bits per heavy atom. The highest BCUT2D eigenvalue weighted by Gasteiger charge is 2.36. The number of carboxylic acids is 1. The average molecular weight is 1830 g/mol. The maximum absolute atomic E-state index is 14.4. The standard InChI is InChI=1S/C88H104N24O19S/c1-3-44(2)73-83(128)104-62(8-6-24-94-85(92)93)80(125)98-40-71(118)102-66(75(91)120)43-132-42-45-29-50(78(123)107-73)31-53(30-45)100-70(117)39-97-77(122)47-21-27-112(28-22-47)88-109-86(101-52-11-15-56(59(33-52)84(129)130)72-57-16-13-54(114)35-67(57)131-68-36-55(115)14-17-58(68)72)108-87(110-88)111-25-19-46(20-26-111)76(121)96-38-69(116)99-51-12-18-61-60(34-51)79(124)103-63(7-4-5-23-89)81(126)106-65(41-113)82(127)105-64-32-48(74(90)119)9-10-49(64)37-95-61/h9-18,29-36,44,46-47,62-63,65-66,73,95,113-114H,3-8,19-28,37-43,89H2,1-2H3,(H2,90,119)(H2,91,120)(H,96,121)(H,97,122)(H,98,125)(H,99,116)(H,100,117)(H,102,118)(H,103,124)(H,104,128)(H,105,127)(H,106,126)(H,107,123)(H,129,130)(H4,92,93,94)(H,101,108,109,110)/t44-,62-,63-,65-,66-,73-/m0/s1. The van der Waals surface area contributed by atoms with Gasteiger partial charge >= 0.3 is 5.97 Å². The van der Waals surface area contributed by atoms with E-state index in [0.29, 0.717) is 46.9 Å². The number of aliphatic hydroxyl groups is 1. The van der Waals surface area contributed by atoms with Gasteiger partial charge in [0.1, 0.15) is 47.3 Å². The van der Waals surface area contributed by atoms with E-state index in [1.807, 2.05) is 9.80 Å². The number of carbonyl (C=O) groups is 14. The maximum Gasteiger partial charge on any atom is 0.336 e.